The standard InChI is InChI=1S/C18H33N7.HI/c1-4-19-18(20-13-15-9-6-7-11-24(15)5-2)22-16-10-8-12-25-17(16)21-14(3)23-25;/h15-16H,4-13H2,1-3H3,(H2,19,20,22);1H. The van der Waals surface area contributed by atoms with Crippen molar-refractivity contribution in [3.8, 4) is 0 Å². The Kier molecular flexibility index (Phi) is 8.59. The van der Waals surface area contributed by atoms with E-state index in [4.69, 9.17) is 4.99 Å². The highest BCUT2D eigenvalue weighted by Crippen LogP contribution is 2.23. The van der Waals surface area contributed by atoms with Crippen LogP contribution in [0.2, 0.25) is 0 Å². The van der Waals surface area contributed by atoms with Gasteiger partial charge in [0.1, 0.15) is 11.6 Å². The molecular formula is C18H34IN7. The number of nitrogens with one attached hydrogen (secondary N) is 2. The third kappa shape index (κ3) is 5.31. The quantitative estimate of drug-likeness (QED) is 0.389. The molecule has 2 unspecified atom stereocenters. The van der Waals surface area contributed by atoms with Crippen LogP contribution < -0.4 is 10.6 Å². The highest BCUT2D eigenvalue weighted by molar-refractivity contribution is 14.0. The van der Waals surface area contributed by atoms with Crippen molar-refractivity contribution in [3.63, 3.8) is 0 Å². The number of fused-ring (bicyclic) bond motifs is 1. The lowest BCUT2D eigenvalue weighted by Crippen LogP contribution is -2.44. The number of guanidine groups is 1. The van der Waals surface area contributed by atoms with Gasteiger partial charge in [0.25, 0.3) is 0 Å². The van der Waals surface area contributed by atoms with E-state index in [1.165, 1.54) is 25.8 Å². The van der Waals surface area contributed by atoms with Crippen LogP contribution in [0, 0.1) is 6.92 Å². The van der Waals surface area contributed by atoms with Gasteiger partial charge in [-0.1, -0.05) is 13.3 Å². The van der Waals surface area contributed by atoms with Crippen LogP contribution in [0.5, 0.6) is 0 Å². The molecule has 0 amide bonds. The average molecular weight is 475 g/mol. The number of rotatable bonds is 5. The summed E-state index contributed by atoms with van der Waals surface area (Å²) in [5.74, 6) is 2.80. The predicted molar refractivity (Wildman–Crippen MR) is 116 cm³/mol. The van der Waals surface area contributed by atoms with Gasteiger partial charge in [-0.25, -0.2) is 9.67 Å². The van der Waals surface area contributed by atoms with E-state index in [1.54, 1.807) is 0 Å². The molecule has 0 aliphatic carbocycles. The fraction of sp³-hybridized carbons (Fsp3) is 0.833. The van der Waals surface area contributed by atoms with Gasteiger partial charge in [-0.3, -0.25) is 9.89 Å². The molecule has 7 nitrogen and oxygen atoms in total. The monoisotopic (exact) mass is 475 g/mol. The number of aliphatic imine (C=N–C) groups is 1. The third-order valence-corrected chi connectivity index (χ3v) is 5.25. The Morgan fingerprint density at radius 2 is 2.04 bits per heavy atom. The zero-order valence-corrected chi connectivity index (χ0v) is 18.7. The molecular weight excluding hydrogens is 441 g/mol. The number of aromatic nitrogens is 3. The van der Waals surface area contributed by atoms with Gasteiger partial charge < -0.3 is 10.6 Å². The molecule has 8 heteroatoms. The van der Waals surface area contributed by atoms with E-state index in [1.807, 2.05) is 11.6 Å². The van der Waals surface area contributed by atoms with Crippen LogP contribution in [0.3, 0.4) is 0 Å². The first-order valence-electron chi connectivity index (χ1n) is 9.91. The van der Waals surface area contributed by atoms with Crippen LogP contribution >= 0.6 is 24.0 Å². The lowest BCUT2D eigenvalue weighted by atomic mass is 10.0. The first-order valence-corrected chi connectivity index (χ1v) is 9.91. The number of likely N-dealkylation sites (tertiary alicyclic amines) is 1. The largest absolute Gasteiger partial charge is 0.357 e. The molecule has 2 aliphatic heterocycles. The van der Waals surface area contributed by atoms with E-state index in [0.29, 0.717) is 6.04 Å². The maximum absolute atomic E-state index is 4.90. The third-order valence-electron chi connectivity index (χ3n) is 5.25. The van der Waals surface area contributed by atoms with Gasteiger partial charge in [0.15, 0.2) is 5.96 Å². The number of nitrogens with zero attached hydrogens (tertiary/aromatic N) is 5. The van der Waals surface area contributed by atoms with Crippen molar-refractivity contribution < 1.29 is 0 Å². The fourth-order valence-electron chi connectivity index (χ4n) is 3.97. The predicted octanol–water partition coefficient (Wildman–Crippen LogP) is 2.47. The van der Waals surface area contributed by atoms with E-state index in [-0.39, 0.29) is 30.0 Å². The van der Waals surface area contributed by atoms with Crippen LogP contribution in [0.1, 0.15) is 63.6 Å². The normalized spacial score (nSPS) is 23.9. The molecule has 1 aromatic heterocycles. The molecule has 2 N–H and O–H groups in total. The van der Waals surface area contributed by atoms with E-state index in [2.05, 4.69) is 39.5 Å². The Hall–Kier alpha value is -0.900. The zero-order chi connectivity index (χ0) is 17.6. The van der Waals surface area contributed by atoms with Gasteiger partial charge >= 0.3 is 0 Å². The van der Waals surface area contributed by atoms with Crippen molar-refractivity contribution in [1.82, 2.24) is 30.3 Å². The molecule has 1 aromatic rings. The molecule has 26 heavy (non-hydrogen) atoms. The maximum atomic E-state index is 4.90. The number of piperidine rings is 1. The van der Waals surface area contributed by atoms with Crippen molar-refractivity contribution in [2.45, 2.75) is 71.5 Å². The molecule has 148 valence electrons. The van der Waals surface area contributed by atoms with E-state index < -0.39 is 0 Å². The first kappa shape index (κ1) is 21.4. The molecule has 2 atom stereocenters. The molecule has 0 spiro atoms. The number of likely N-dealkylation sites (N-methyl/N-ethyl adjacent to an activating group) is 1. The fourth-order valence-corrected chi connectivity index (χ4v) is 3.97. The minimum atomic E-state index is 0. The van der Waals surface area contributed by atoms with Crippen molar-refractivity contribution in [2.75, 3.05) is 26.2 Å². The number of halogens is 1. The summed E-state index contributed by atoms with van der Waals surface area (Å²) < 4.78 is 2.04. The highest BCUT2D eigenvalue weighted by Gasteiger charge is 2.25. The topological polar surface area (TPSA) is 70.4 Å². The van der Waals surface area contributed by atoms with E-state index in [9.17, 15) is 0 Å². The summed E-state index contributed by atoms with van der Waals surface area (Å²) in [6.45, 7) is 11.4. The van der Waals surface area contributed by atoms with E-state index in [0.717, 1.165) is 56.6 Å². The second-order valence-electron chi connectivity index (χ2n) is 7.08. The van der Waals surface area contributed by atoms with Crippen LogP contribution in [-0.2, 0) is 6.54 Å². The van der Waals surface area contributed by atoms with Gasteiger partial charge in [0, 0.05) is 19.1 Å². The number of hydrogen-bond acceptors (Lipinski definition) is 4. The SMILES string of the molecule is CCNC(=NCC1CCCCN1CC)NC1CCCn2nc(C)nc21.I. The molecule has 0 radical (unpaired) electrons. The summed E-state index contributed by atoms with van der Waals surface area (Å²) in [5.41, 5.74) is 0. The minimum Gasteiger partial charge on any atom is -0.357 e. The smallest absolute Gasteiger partial charge is 0.191 e. The lowest BCUT2D eigenvalue weighted by Gasteiger charge is -2.34. The first-order chi connectivity index (χ1) is 12.2. The van der Waals surface area contributed by atoms with Crippen LogP contribution in [-0.4, -0.2) is 57.8 Å². The number of hydrogen-bond donors (Lipinski definition) is 2. The van der Waals surface area contributed by atoms with Crippen molar-refractivity contribution >= 4 is 29.9 Å². The minimum absolute atomic E-state index is 0. The summed E-state index contributed by atoms with van der Waals surface area (Å²) in [7, 11) is 0. The zero-order valence-electron chi connectivity index (χ0n) is 16.4. The maximum Gasteiger partial charge on any atom is 0.191 e. The molecule has 0 saturated carbocycles. The van der Waals surface area contributed by atoms with Gasteiger partial charge in [-0.05, 0) is 52.6 Å². The second-order valence-corrected chi connectivity index (χ2v) is 7.08. The Morgan fingerprint density at radius 1 is 1.19 bits per heavy atom. The molecule has 0 aromatic carbocycles. The Balaban J connectivity index is 0.00000243. The van der Waals surface area contributed by atoms with E-state index >= 15 is 0 Å². The van der Waals surface area contributed by atoms with Gasteiger partial charge in [-0.15, -0.1) is 24.0 Å². The molecule has 2 aliphatic rings. The Morgan fingerprint density at radius 3 is 2.81 bits per heavy atom. The highest BCUT2D eigenvalue weighted by atomic mass is 127. The van der Waals surface area contributed by atoms with Crippen molar-refractivity contribution in [3.05, 3.63) is 11.6 Å². The van der Waals surface area contributed by atoms with Crippen LogP contribution in [0.15, 0.2) is 4.99 Å². The molecule has 0 bridgehead atoms. The summed E-state index contributed by atoms with van der Waals surface area (Å²) in [6, 6.07) is 0.771. The molecule has 1 saturated heterocycles. The summed E-state index contributed by atoms with van der Waals surface area (Å²) in [6.07, 6.45) is 6.11. The van der Waals surface area contributed by atoms with Crippen molar-refractivity contribution in [1.29, 1.82) is 0 Å². The van der Waals surface area contributed by atoms with Crippen LogP contribution in [0.25, 0.3) is 0 Å². The van der Waals surface area contributed by atoms with Gasteiger partial charge in [0.05, 0.1) is 12.6 Å². The summed E-state index contributed by atoms with van der Waals surface area (Å²) in [5, 5.41) is 11.5. The summed E-state index contributed by atoms with van der Waals surface area (Å²) >= 11 is 0. The Bertz CT molecular complexity index is 586. The van der Waals surface area contributed by atoms with Crippen molar-refractivity contribution in [2.24, 2.45) is 4.99 Å². The second kappa shape index (κ2) is 10.4. The average Bonchev–Trinajstić information content (AvgIpc) is 3.01. The van der Waals surface area contributed by atoms with Gasteiger partial charge in [0.2, 0.25) is 0 Å². The van der Waals surface area contributed by atoms with Gasteiger partial charge in [-0.2, -0.15) is 5.10 Å². The summed E-state index contributed by atoms with van der Waals surface area (Å²) in [4.78, 5) is 12.1. The van der Waals surface area contributed by atoms with Crippen LogP contribution in [0.4, 0.5) is 0 Å². The molecule has 3 heterocycles. The lowest BCUT2D eigenvalue weighted by molar-refractivity contribution is 0.161. The molecule has 3 rings (SSSR count). The molecule has 1 fully saturated rings. The number of aryl methyl sites for hydroxylation is 2. The Labute approximate surface area is 174 Å².